The molecule has 1 rings (SSSR count). The first-order valence-electron chi connectivity index (χ1n) is 4.31. The van der Waals surface area contributed by atoms with Gasteiger partial charge in [-0.2, -0.15) is 0 Å². The molecular weight excluding hydrogens is 138 g/mol. The Morgan fingerprint density at radius 3 is 2.64 bits per heavy atom. The Balaban J connectivity index is 2.24. The van der Waals surface area contributed by atoms with Gasteiger partial charge in [0.25, 0.3) is 0 Å². The van der Waals surface area contributed by atoms with E-state index < -0.39 is 0 Å². The average Bonchev–Trinajstić information content (AvgIpc) is 1.85. The van der Waals surface area contributed by atoms with Gasteiger partial charge in [-0.3, -0.25) is 0 Å². The maximum absolute atomic E-state index is 5.90. The molecule has 0 saturated carbocycles. The van der Waals surface area contributed by atoms with E-state index in [1.54, 1.807) is 0 Å². The van der Waals surface area contributed by atoms with Gasteiger partial charge >= 0.3 is 0 Å². The number of hydrogen-bond acceptors (Lipinski definition) is 3. The van der Waals surface area contributed by atoms with E-state index in [0.29, 0.717) is 6.04 Å². The topological polar surface area (TPSA) is 50.1 Å². The molecule has 0 bridgehead atoms. The van der Waals surface area contributed by atoms with Crippen molar-refractivity contribution in [3.8, 4) is 0 Å². The standard InChI is InChI=1S/C8H19N3/c1-8(2,9)5-7-6-10-3-4-11-7/h7,10-11H,3-6,9H2,1-2H3. The second-order valence-electron chi connectivity index (χ2n) is 4.05. The van der Waals surface area contributed by atoms with Crippen molar-refractivity contribution >= 4 is 0 Å². The van der Waals surface area contributed by atoms with Crippen molar-refractivity contribution in [3.05, 3.63) is 0 Å². The molecule has 66 valence electrons. The molecular formula is C8H19N3. The number of hydrogen-bond donors (Lipinski definition) is 3. The summed E-state index contributed by atoms with van der Waals surface area (Å²) >= 11 is 0. The first-order chi connectivity index (χ1) is 5.08. The van der Waals surface area contributed by atoms with E-state index in [2.05, 4.69) is 24.5 Å². The molecule has 1 heterocycles. The molecule has 0 aromatic rings. The summed E-state index contributed by atoms with van der Waals surface area (Å²) in [6.07, 6.45) is 1.04. The third-order valence-electron chi connectivity index (χ3n) is 1.90. The van der Waals surface area contributed by atoms with Gasteiger partial charge in [-0.05, 0) is 20.3 Å². The van der Waals surface area contributed by atoms with Crippen molar-refractivity contribution in [3.63, 3.8) is 0 Å². The van der Waals surface area contributed by atoms with Crippen molar-refractivity contribution in [2.24, 2.45) is 5.73 Å². The zero-order valence-corrected chi connectivity index (χ0v) is 7.48. The molecule has 3 nitrogen and oxygen atoms in total. The lowest BCUT2D eigenvalue weighted by Crippen LogP contribution is -2.52. The highest BCUT2D eigenvalue weighted by atomic mass is 15.1. The van der Waals surface area contributed by atoms with E-state index in [4.69, 9.17) is 5.73 Å². The van der Waals surface area contributed by atoms with Crippen LogP contribution < -0.4 is 16.4 Å². The van der Waals surface area contributed by atoms with Crippen molar-refractivity contribution in [2.45, 2.75) is 31.8 Å². The SMILES string of the molecule is CC(C)(N)CC1CNCCN1. The van der Waals surface area contributed by atoms with Gasteiger partial charge in [0.15, 0.2) is 0 Å². The Labute approximate surface area is 68.7 Å². The zero-order valence-electron chi connectivity index (χ0n) is 7.48. The predicted octanol–water partition coefficient (Wildman–Crippen LogP) is -0.325. The molecule has 0 amide bonds. The Morgan fingerprint density at radius 2 is 2.18 bits per heavy atom. The largest absolute Gasteiger partial charge is 0.326 e. The van der Waals surface area contributed by atoms with E-state index in [1.165, 1.54) is 0 Å². The van der Waals surface area contributed by atoms with Crippen molar-refractivity contribution in [1.29, 1.82) is 0 Å². The van der Waals surface area contributed by atoms with Gasteiger partial charge in [0.05, 0.1) is 0 Å². The van der Waals surface area contributed by atoms with Gasteiger partial charge in [0.2, 0.25) is 0 Å². The summed E-state index contributed by atoms with van der Waals surface area (Å²) in [6, 6.07) is 0.559. The van der Waals surface area contributed by atoms with Gasteiger partial charge in [0, 0.05) is 31.2 Å². The lowest BCUT2D eigenvalue weighted by Gasteiger charge is -2.30. The first kappa shape index (κ1) is 8.97. The van der Waals surface area contributed by atoms with E-state index in [9.17, 15) is 0 Å². The molecule has 0 radical (unpaired) electrons. The highest BCUT2D eigenvalue weighted by Crippen LogP contribution is 2.07. The van der Waals surface area contributed by atoms with Crippen LogP contribution in [-0.4, -0.2) is 31.2 Å². The van der Waals surface area contributed by atoms with Crippen molar-refractivity contribution in [2.75, 3.05) is 19.6 Å². The second kappa shape index (κ2) is 3.52. The van der Waals surface area contributed by atoms with E-state index >= 15 is 0 Å². The summed E-state index contributed by atoms with van der Waals surface area (Å²) in [5, 5.41) is 6.77. The van der Waals surface area contributed by atoms with Gasteiger partial charge in [-0.1, -0.05) is 0 Å². The van der Waals surface area contributed by atoms with E-state index in [1.807, 2.05) is 0 Å². The lowest BCUT2D eigenvalue weighted by atomic mass is 9.96. The molecule has 1 fully saturated rings. The number of piperazine rings is 1. The van der Waals surface area contributed by atoms with Crippen molar-refractivity contribution in [1.82, 2.24) is 10.6 Å². The summed E-state index contributed by atoms with van der Waals surface area (Å²) in [7, 11) is 0. The van der Waals surface area contributed by atoms with Gasteiger partial charge in [-0.15, -0.1) is 0 Å². The van der Waals surface area contributed by atoms with E-state index in [0.717, 1.165) is 26.1 Å². The highest BCUT2D eigenvalue weighted by Gasteiger charge is 2.19. The molecule has 1 atom stereocenters. The molecule has 3 heteroatoms. The predicted molar refractivity (Wildman–Crippen MR) is 47.5 cm³/mol. The minimum Gasteiger partial charge on any atom is -0.326 e. The fourth-order valence-electron chi connectivity index (χ4n) is 1.49. The third kappa shape index (κ3) is 3.70. The Hall–Kier alpha value is -0.120. The van der Waals surface area contributed by atoms with Gasteiger partial charge in [-0.25, -0.2) is 0 Å². The molecule has 4 N–H and O–H groups in total. The first-order valence-corrected chi connectivity index (χ1v) is 4.31. The molecule has 0 aliphatic carbocycles. The Morgan fingerprint density at radius 1 is 1.45 bits per heavy atom. The second-order valence-corrected chi connectivity index (χ2v) is 4.05. The maximum Gasteiger partial charge on any atom is 0.0210 e. The van der Waals surface area contributed by atoms with E-state index in [-0.39, 0.29) is 5.54 Å². The molecule has 1 saturated heterocycles. The zero-order chi connectivity index (χ0) is 8.32. The maximum atomic E-state index is 5.90. The summed E-state index contributed by atoms with van der Waals surface area (Å²) in [5.74, 6) is 0. The monoisotopic (exact) mass is 157 g/mol. The molecule has 1 unspecified atom stereocenters. The van der Waals surface area contributed by atoms with Crippen LogP contribution in [0.2, 0.25) is 0 Å². The molecule has 11 heavy (non-hydrogen) atoms. The average molecular weight is 157 g/mol. The van der Waals surface area contributed by atoms with Gasteiger partial charge in [0.1, 0.15) is 0 Å². The highest BCUT2D eigenvalue weighted by molar-refractivity contribution is 4.84. The van der Waals surface area contributed by atoms with Crippen molar-refractivity contribution < 1.29 is 0 Å². The van der Waals surface area contributed by atoms with Crippen LogP contribution in [0.4, 0.5) is 0 Å². The minimum absolute atomic E-state index is 0.0450. The van der Waals surface area contributed by atoms with Crippen LogP contribution in [0, 0.1) is 0 Å². The van der Waals surface area contributed by atoms with Crippen LogP contribution in [0.3, 0.4) is 0 Å². The van der Waals surface area contributed by atoms with Crippen LogP contribution in [0.5, 0.6) is 0 Å². The molecule has 1 aliphatic heterocycles. The number of nitrogens with one attached hydrogen (secondary N) is 2. The smallest absolute Gasteiger partial charge is 0.0210 e. The summed E-state index contributed by atoms with van der Waals surface area (Å²) in [6.45, 7) is 7.36. The molecule has 0 aromatic carbocycles. The summed E-state index contributed by atoms with van der Waals surface area (Å²) in [4.78, 5) is 0. The Kier molecular flexibility index (Phi) is 2.87. The van der Waals surface area contributed by atoms with Crippen LogP contribution in [0.15, 0.2) is 0 Å². The molecule has 0 aromatic heterocycles. The fourth-order valence-corrected chi connectivity index (χ4v) is 1.49. The van der Waals surface area contributed by atoms with Crippen LogP contribution in [0.1, 0.15) is 20.3 Å². The number of rotatable bonds is 2. The lowest BCUT2D eigenvalue weighted by molar-refractivity contribution is 0.333. The fraction of sp³-hybridized carbons (Fsp3) is 1.00. The molecule has 1 aliphatic rings. The summed E-state index contributed by atoms with van der Waals surface area (Å²) < 4.78 is 0. The molecule has 0 spiro atoms. The minimum atomic E-state index is -0.0450. The summed E-state index contributed by atoms with van der Waals surface area (Å²) in [5.41, 5.74) is 5.85. The quantitative estimate of drug-likeness (QED) is 0.515. The Bertz CT molecular complexity index is 111. The van der Waals surface area contributed by atoms with Crippen LogP contribution in [-0.2, 0) is 0 Å². The number of nitrogens with two attached hydrogens (primary N) is 1. The third-order valence-corrected chi connectivity index (χ3v) is 1.90. The van der Waals surface area contributed by atoms with Gasteiger partial charge < -0.3 is 16.4 Å². The van der Waals surface area contributed by atoms with Crippen LogP contribution >= 0.6 is 0 Å². The van der Waals surface area contributed by atoms with Crippen LogP contribution in [0.25, 0.3) is 0 Å². The normalized spacial score (nSPS) is 27.0.